The molecule has 8 nitrogen and oxygen atoms in total. The van der Waals surface area contributed by atoms with Crippen molar-refractivity contribution in [2.24, 2.45) is 5.10 Å². The van der Waals surface area contributed by atoms with Gasteiger partial charge in [-0.3, -0.25) is 9.78 Å². The van der Waals surface area contributed by atoms with Crippen LogP contribution in [0.5, 0.6) is 11.5 Å². The molecule has 29 heavy (non-hydrogen) atoms. The van der Waals surface area contributed by atoms with E-state index in [-0.39, 0.29) is 28.6 Å². The Morgan fingerprint density at radius 3 is 2.72 bits per heavy atom. The number of aryl methyl sites for hydroxylation is 1. The van der Waals surface area contributed by atoms with Gasteiger partial charge in [0.15, 0.2) is 11.5 Å². The van der Waals surface area contributed by atoms with Crippen molar-refractivity contribution in [2.45, 2.75) is 6.92 Å². The number of hydrogen-bond donors (Lipinski definition) is 2. The van der Waals surface area contributed by atoms with E-state index >= 15 is 0 Å². The number of ether oxygens (including phenoxy) is 2. The van der Waals surface area contributed by atoms with Crippen LogP contribution in [-0.4, -0.2) is 29.3 Å². The van der Waals surface area contributed by atoms with E-state index in [0.29, 0.717) is 11.3 Å². The summed E-state index contributed by atoms with van der Waals surface area (Å²) in [7, 11) is 1.41. The van der Waals surface area contributed by atoms with Crippen LogP contribution < -0.4 is 20.5 Å². The summed E-state index contributed by atoms with van der Waals surface area (Å²) in [5, 5.41) is 4.00. The predicted octanol–water partition coefficient (Wildman–Crippen LogP) is 2.89. The van der Waals surface area contributed by atoms with Crippen LogP contribution in [0.15, 0.2) is 58.4 Å². The number of anilines is 1. The van der Waals surface area contributed by atoms with Gasteiger partial charge in [0.1, 0.15) is 5.82 Å². The Morgan fingerprint density at radius 1 is 1.21 bits per heavy atom. The number of methoxy groups -OCH3 is 1. The number of esters is 1. The topological polar surface area (TPSA) is 106 Å². The van der Waals surface area contributed by atoms with Crippen LogP contribution in [0.25, 0.3) is 0 Å². The van der Waals surface area contributed by atoms with Crippen LogP contribution in [0.3, 0.4) is 0 Å². The van der Waals surface area contributed by atoms with Gasteiger partial charge in [0.25, 0.3) is 5.56 Å². The molecule has 148 valence electrons. The zero-order valence-electron chi connectivity index (χ0n) is 15.6. The van der Waals surface area contributed by atoms with E-state index in [1.54, 1.807) is 25.1 Å². The Kier molecular flexibility index (Phi) is 5.98. The number of rotatable bonds is 6. The lowest BCUT2D eigenvalue weighted by Crippen LogP contribution is -2.11. The predicted molar refractivity (Wildman–Crippen MR) is 105 cm³/mol. The number of hydrogen-bond acceptors (Lipinski definition) is 7. The van der Waals surface area contributed by atoms with Gasteiger partial charge >= 0.3 is 5.97 Å². The summed E-state index contributed by atoms with van der Waals surface area (Å²) < 4.78 is 24.2. The van der Waals surface area contributed by atoms with Gasteiger partial charge in [0.2, 0.25) is 5.95 Å². The van der Waals surface area contributed by atoms with E-state index in [0.717, 1.165) is 0 Å². The molecule has 3 aromatic rings. The van der Waals surface area contributed by atoms with Crippen molar-refractivity contribution in [1.82, 2.24) is 9.97 Å². The van der Waals surface area contributed by atoms with Crippen molar-refractivity contribution in [2.75, 3.05) is 12.5 Å². The minimum atomic E-state index is -0.834. The van der Waals surface area contributed by atoms with Gasteiger partial charge in [0.05, 0.1) is 18.9 Å². The Hall–Kier alpha value is -4.01. The molecule has 0 aliphatic carbocycles. The van der Waals surface area contributed by atoms with Crippen molar-refractivity contribution in [3.8, 4) is 11.5 Å². The summed E-state index contributed by atoms with van der Waals surface area (Å²) in [6, 6.07) is 11.6. The maximum atomic E-state index is 13.7. The summed E-state index contributed by atoms with van der Waals surface area (Å²) >= 11 is 0. The molecule has 0 aliphatic heterocycles. The molecule has 0 amide bonds. The third-order valence-corrected chi connectivity index (χ3v) is 3.74. The van der Waals surface area contributed by atoms with E-state index in [4.69, 9.17) is 9.47 Å². The number of hydrazone groups is 1. The number of carbonyl (C=O) groups is 1. The Morgan fingerprint density at radius 2 is 2.00 bits per heavy atom. The zero-order valence-corrected chi connectivity index (χ0v) is 15.6. The first-order valence-corrected chi connectivity index (χ1v) is 8.48. The summed E-state index contributed by atoms with van der Waals surface area (Å²) in [5.41, 5.74) is 3.32. The first-order valence-electron chi connectivity index (χ1n) is 8.48. The molecule has 3 rings (SSSR count). The van der Waals surface area contributed by atoms with Gasteiger partial charge in [-0.25, -0.2) is 19.6 Å². The van der Waals surface area contributed by atoms with Crippen LogP contribution in [0.4, 0.5) is 10.3 Å². The second-order valence-corrected chi connectivity index (χ2v) is 5.89. The maximum absolute atomic E-state index is 13.7. The molecule has 0 fully saturated rings. The summed E-state index contributed by atoms with van der Waals surface area (Å²) in [5.74, 6) is -0.905. The number of nitrogens with one attached hydrogen (secondary N) is 2. The molecule has 2 N–H and O–H groups in total. The second kappa shape index (κ2) is 8.79. The Labute approximate surface area is 165 Å². The van der Waals surface area contributed by atoms with Crippen molar-refractivity contribution in [1.29, 1.82) is 0 Å². The summed E-state index contributed by atoms with van der Waals surface area (Å²) in [6.45, 7) is 1.69. The second-order valence-electron chi connectivity index (χ2n) is 5.89. The minimum Gasteiger partial charge on any atom is -0.493 e. The normalized spacial score (nSPS) is 10.7. The molecule has 0 saturated carbocycles. The fourth-order valence-corrected chi connectivity index (χ4v) is 2.43. The highest BCUT2D eigenvalue weighted by atomic mass is 19.1. The van der Waals surface area contributed by atoms with Gasteiger partial charge in [-0.1, -0.05) is 12.1 Å². The maximum Gasteiger partial charge on any atom is 0.346 e. The molecule has 0 unspecified atom stereocenters. The SMILES string of the molecule is COc1cc(/C=N/Nc2nc(C)cc(=O)[nH]2)ccc1OC(=O)c1ccccc1F. The third-order valence-electron chi connectivity index (χ3n) is 3.74. The monoisotopic (exact) mass is 396 g/mol. The number of aromatic nitrogens is 2. The molecule has 0 aliphatic rings. The molecule has 0 bridgehead atoms. The number of halogens is 1. The number of benzene rings is 2. The average Bonchev–Trinajstić information content (AvgIpc) is 2.68. The quantitative estimate of drug-likeness (QED) is 0.287. The summed E-state index contributed by atoms with van der Waals surface area (Å²) in [4.78, 5) is 30.2. The third kappa shape index (κ3) is 5.04. The highest BCUT2D eigenvalue weighted by Gasteiger charge is 2.16. The highest BCUT2D eigenvalue weighted by molar-refractivity contribution is 5.92. The Balaban J connectivity index is 1.73. The smallest absolute Gasteiger partial charge is 0.346 e. The molecular formula is C20H17FN4O4. The number of carbonyl (C=O) groups excluding carboxylic acids is 1. The summed E-state index contributed by atoms with van der Waals surface area (Å²) in [6.07, 6.45) is 1.47. The van der Waals surface area contributed by atoms with E-state index in [1.165, 1.54) is 43.7 Å². The molecular weight excluding hydrogens is 379 g/mol. The lowest BCUT2D eigenvalue weighted by atomic mass is 10.2. The van der Waals surface area contributed by atoms with Gasteiger partial charge < -0.3 is 9.47 Å². The van der Waals surface area contributed by atoms with Crippen molar-refractivity contribution >= 4 is 18.1 Å². The van der Waals surface area contributed by atoms with E-state index in [2.05, 4.69) is 20.5 Å². The molecule has 0 saturated heterocycles. The van der Waals surface area contributed by atoms with Gasteiger partial charge in [0, 0.05) is 11.8 Å². The lowest BCUT2D eigenvalue weighted by Gasteiger charge is -2.10. The van der Waals surface area contributed by atoms with Gasteiger partial charge in [-0.15, -0.1) is 0 Å². The molecule has 0 spiro atoms. The number of nitrogens with zero attached hydrogens (tertiary/aromatic N) is 2. The zero-order chi connectivity index (χ0) is 20.8. The van der Waals surface area contributed by atoms with Crippen molar-refractivity contribution in [3.63, 3.8) is 0 Å². The first-order chi connectivity index (χ1) is 14.0. The van der Waals surface area contributed by atoms with E-state index < -0.39 is 11.8 Å². The van der Waals surface area contributed by atoms with Crippen LogP contribution in [0.1, 0.15) is 21.6 Å². The van der Waals surface area contributed by atoms with Crippen LogP contribution >= 0.6 is 0 Å². The van der Waals surface area contributed by atoms with Crippen LogP contribution in [-0.2, 0) is 0 Å². The molecule has 0 atom stereocenters. The van der Waals surface area contributed by atoms with Crippen molar-refractivity contribution in [3.05, 3.63) is 81.5 Å². The molecule has 0 radical (unpaired) electrons. The van der Waals surface area contributed by atoms with E-state index in [1.807, 2.05) is 0 Å². The molecule has 2 aromatic carbocycles. The van der Waals surface area contributed by atoms with Crippen molar-refractivity contribution < 1.29 is 18.7 Å². The van der Waals surface area contributed by atoms with E-state index in [9.17, 15) is 14.0 Å². The first kappa shape index (κ1) is 19.7. The van der Waals surface area contributed by atoms with Gasteiger partial charge in [-0.2, -0.15) is 5.10 Å². The Bertz CT molecular complexity index is 1130. The standard InChI is InChI=1S/C20H17FN4O4/c1-12-9-18(26)24-20(23-12)25-22-11-13-7-8-16(17(10-13)28-2)29-19(27)14-5-3-4-6-15(14)21/h3-11H,1-2H3,(H2,23,24,25,26)/b22-11+. The lowest BCUT2D eigenvalue weighted by molar-refractivity contribution is 0.0725. The number of H-pyrrole nitrogens is 1. The molecule has 1 heterocycles. The van der Waals surface area contributed by atoms with Crippen LogP contribution in [0.2, 0.25) is 0 Å². The largest absolute Gasteiger partial charge is 0.493 e. The average molecular weight is 396 g/mol. The number of aromatic amines is 1. The molecule has 1 aromatic heterocycles. The fraction of sp³-hybridized carbons (Fsp3) is 0.100. The fourth-order valence-electron chi connectivity index (χ4n) is 2.43. The molecule has 9 heteroatoms. The highest BCUT2D eigenvalue weighted by Crippen LogP contribution is 2.28. The van der Waals surface area contributed by atoms with Crippen LogP contribution in [0, 0.1) is 12.7 Å². The van der Waals surface area contributed by atoms with Gasteiger partial charge in [-0.05, 0) is 42.8 Å². The minimum absolute atomic E-state index is 0.135.